The molecule has 12 aromatic rings. The molecule has 18 nitrogen and oxygen atoms in total. The SMILES string of the molecule is CC(F)(F)C(=O)OCN1CCCCC1.CC(F)(F)C(=O)OCN1CCCCC1.CC(F)(F)C(=O)OCN1CCOCC1.CC(F)(F)C(=O)OCN1CCOCC1.c1ccc([S+]2c3ccccc3Oc3ccccc32)cc1.c1ccc([S+]2c3ccccc3Oc3ccccc32)cc1.c1ccc([S+]2c3ccccc3Oc3ccccc32)cc1.c1ccc([S+]2c3ccccc3Oc3ccccc32)cc1. The molecular formula is C106H108F8N4O14S4+4. The number of likely N-dealkylation sites (tertiary alicyclic amines) is 2. The third kappa shape index (κ3) is 29.2. The van der Waals surface area contributed by atoms with Crippen LogP contribution in [-0.4, -0.2) is 173 Å². The number of nitrogens with zero attached hydrogens (tertiary/aromatic N) is 4. The number of ether oxygens (including phenoxy) is 10. The number of alkyl halides is 8. The van der Waals surface area contributed by atoms with Crippen LogP contribution in [0.25, 0.3) is 0 Å². The summed E-state index contributed by atoms with van der Waals surface area (Å²) in [7, 11) is -0.332. The molecule has 0 N–H and O–H groups in total. The van der Waals surface area contributed by atoms with Crippen molar-refractivity contribution in [3.05, 3.63) is 315 Å². The number of halogens is 8. The monoisotopic (exact) mass is 1940 g/mol. The first kappa shape index (κ1) is 102. The summed E-state index contributed by atoms with van der Waals surface area (Å²) in [4.78, 5) is 65.4. The number of carbonyl (C=O) groups is 4. The third-order valence-corrected chi connectivity index (χ3v) is 30.6. The fourth-order valence-electron chi connectivity index (χ4n) is 14.6. The van der Waals surface area contributed by atoms with Crippen molar-refractivity contribution in [3.8, 4) is 46.0 Å². The van der Waals surface area contributed by atoms with Crippen molar-refractivity contribution in [2.45, 2.75) is 149 Å². The number of carbonyl (C=O) groups excluding carboxylic acids is 4. The lowest BCUT2D eigenvalue weighted by molar-refractivity contribution is -0.176. The second kappa shape index (κ2) is 49.9. The zero-order chi connectivity index (χ0) is 95.9. The van der Waals surface area contributed by atoms with Crippen molar-refractivity contribution < 1.29 is 102 Å². The van der Waals surface area contributed by atoms with Crippen LogP contribution < -0.4 is 18.9 Å². The Labute approximate surface area is 799 Å². The maximum atomic E-state index is 12.4. The number of esters is 4. The summed E-state index contributed by atoms with van der Waals surface area (Å²) >= 11 is 0. The van der Waals surface area contributed by atoms with Crippen LogP contribution >= 0.6 is 0 Å². The second-order valence-electron chi connectivity index (χ2n) is 32.1. The van der Waals surface area contributed by atoms with Crippen molar-refractivity contribution in [1.82, 2.24) is 19.6 Å². The second-order valence-corrected chi connectivity index (χ2v) is 39.9. The van der Waals surface area contributed by atoms with Crippen LogP contribution in [0.3, 0.4) is 0 Å². The molecule has 0 bridgehead atoms. The van der Waals surface area contributed by atoms with Gasteiger partial charge in [-0.15, -0.1) is 0 Å². The molecular weight excluding hydrogens is 1830 g/mol. The first-order chi connectivity index (χ1) is 65.7. The zero-order valence-electron chi connectivity index (χ0n) is 75.7. The molecule has 8 aliphatic rings. The van der Waals surface area contributed by atoms with Crippen LogP contribution in [0.4, 0.5) is 35.1 Å². The summed E-state index contributed by atoms with van der Waals surface area (Å²) in [6.45, 7) is 9.79. The van der Waals surface area contributed by atoms with E-state index in [1.807, 2.05) is 107 Å². The summed E-state index contributed by atoms with van der Waals surface area (Å²) in [6, 6.07) is 109. The van der Waals surface area contributed by atoms with Gasteiger partial charge in [-0.3, -0.25) is 19.6 Å². The highest BCUT2D eigenvalue weighted by molar-refractivity contribution is 7.98. The van der Waals surface area contributed by atoms with Crippen LogP contribution in [0, 0.1) is 0 Å². The van der Waals surface area contributed by atoms with Crippen LogP contribution in [0.15, 0.2) is 374 Å². The molecule has 0 aliphatic carbocycles. The van der Waals surface area contributed by atoms with Crippen molar-refractivity contribution in [3.63, 3.8) is 0 Å². The van der Waals surface area contributed by atoms with E-state index in [4.69, 9.17) is 28.4 Å². The van der Waals surface area contributed by atoms with Crippen molar-refractivity contribution in [2.24, 2.45) is 0 Å². The van der Waals surface area contributed by atoms with Crippen LogP contribution in [0.1, 0.15) is 66.2 Å². The number of para-hydroxylation sites is 8. The van der Waals surface area contributed by atoms with Gasteiger partial charge in [0.1, 0.15) is 70.5 Å². The summed E-state index contributed by atoms with van der Waals surface area (Å²) in [5.74, 6) is -11.7. The third-order valence-electron chi connectivity index (χ3n) is 21.4. The van der Waals surface area contributed by atoms with E-state index in [9.17, 15) is 54.3 Å². The Kier molecular flexibility index (Phi) is 37.3. The molecule has 0 radical (unpaired) electrons. The summed E-state index contributed by atoms with van der Waals surface area (Å²) in [5, 5.41) is 0. The van der Waals surface area contributed by atoms with Gasteiger partial charge in [-0.05, 0) is 171 Å². The number of fused-ring (bicyclic) bond motifs is 8. The lowest BCUT2D eigenvalue weighted by atomic mass is 10.1. The van der Waals surface area contributed by atoms with Gasteiger partial charge in [0.2, 0.25) is 39.2 Å². The topological polar surface area (TPSA) is 174 Å². The Morgan fingerprint density at radius 3 is 0.559 bits per heavy atom. The van der Waals surface area contributed by atoms with E-state index in [1.54, 1.807) is 9.80 Å². The molecule has 136 heavy (non-hydrogen) atoms. The molecule has 0 atom stereocenters. The molecule has 8 heterocycles. The molecule has 30 heteroatoms. The van der Waals surface area contributed by atoms with Gasteiger partial charge in [-0.1, -0.05) is 183 Å². The highest BCUT2D eigenvalue weighted by Crippen LogP contribution is 2.51. The van der Waals surface area contributed by atoms with Crippen molar-refractivity contribution in [1.29, 1.82) is 0 Å². The molecule has 4 fully saturated rings. The molecule has 0 saturated carbocycles. The minimum absolute atomic E-state index is 0.0116. The van der Waals surface area contributed by atoms with Crippen molar-refractivity contribution >= 4 is 67.5 Å². The zero-order valence-corrected chi connectivity index (χ0v) is 79.0. The molecule has 20 rings (SSSR count). The molecule has 0 aromatic heterocycles. The quantitative estimate of drug-likeness (QED) is 0.0386. The Morgan fingerprint density at radius 1 is 0.235 bits per heavy atom. The Balaban J connectivity index is 0.000000132. The fourth-order valence-corrected chi connectivity index (χ4v) is 23.5. The van der Waals surface area contributed by atoms with Gasteiger partial charge in [0, 0.05) is 80.1 Å². The predicted octanol–water partition coefficient (Wildman–Crippen LogP) is 23.8. The molecule has 712 valence electrons. The lowest BCUT2D eigenvalue weighted by Crippen LogP contribution is -2.40. The van der Waals surface area contributed by atoms with Gasteiger partial charge < -0.3 is 47.4 Å². The molecule has 12 aromatic carbocycles. The maximum Gasteiger partial charge on any atom is 0.377 e. The smallest absolute Gasteiger partial charge is 0.377 e. The summed E-state index contributed by atoms with van der Waals surface area (Å²) in [6.07, 6.45) is 6.49. The molecule has 4 saturated heterocycles. The van der Waals surface area contributed by atoms with E-state index in [-0.39, 0.29) is 70.5 Å². The molecule has 0 amide bonds. The highest BCUT2D eigenvalue weighted by Gasteiger charge is 2.45. The molecule has 0 unspecified atom stereocenters. The summed E-state index contributed by atoms with van der Waals surface area (Å²) < 4.78 is 151. The van der Waals surface area contributed by atoms with E-state index in [2.05, 4.69) is 237 Å². The van der Waals surface area contributed by atoms with Crippen LogP contribution in [0.5, 0.6) is 46.0 Å². The average molecular weight is 1940 g/mol. The Morgan fingerprint density at radius 2 is 0.390 bits per heavy atom. The number of hydrogen-bond acceptors (Lipinski definition) is 18. The lowest BCUT2D eigenvalue weighted by Gasteiger charge is -2.26. The minimum Gasteiger partial charge on any atom is -0.447 e. The van der Waals surface area contributed by atoms with Gasteiger partial charge >= 0.3 is 47.6 Å². The van der Waals surface area contributed by atoms with Gasteiger partial charge in [-0.25, -0.2) is 19.2 Å². The minimum atomic E-state index is -3.41. The first-order valence-electron chi connectivity index (χ1n) is 44.6. The van der Waals surface area contributed by atoms with Gasteiger partial charge in [0.15, 0.2) is 65.6 Å². The van der Waals surface area contributed by atoms with Crippen molar-refractivity contribution in [2.75, 3.05) is 106 Å². The Hall–Kier alpha value is -11.7. The summed E-state index contributed by atoms with van der Waals surface area (Å²) in [5.41, 5.74) is 0. The largest absolute Gasteiger partial charge is 0.447 e. The maximum absolute atomic E-state index is 12.4. The highest BCUT2D eigenvalue weighted by atomic mass is 32.2. The number of hydrogen-bond donors (Lipinski definition) is 0. The van der Waals surface area contributed by atoms with Gasteiger partial charge in [0.05, 0.1) is 26.4 Å². The van der Waals surface area contributed by atoms with E-state index in [0.717, 1.165) is 111 Å². The van der Waals surface area contributed by atoms with E-state index in [0.29, 0.717) is 80.3 Å². The Bertz CT molecular complexity index is 4920. The number of piperidine rings is 2. The first-order valence-corrected chi connectivity index (χ1v) is 49.5. The molecule has 8 aliphatic heterocycles. The number of benzene rings is 12. The van der Waals surface area contributed by atoms with Crippen LogP contribution in [-0.2, 0) is 91.2 Å². The molecule has 0 spiro atoms. The normalized spacial score (nSPS) is 15.7. The van der Waals surface area contributed by atoms with E-state index in [1.165, 1.54) is 58.7 Å². The van der Waals surface area contributed by atoms with Crippen LogP contribution in [0.2, 0.25) is 0 Å². The van der Waals surface area contributed by atoms with E-state index < -0.39 is 47.6 Å². The predicted molar refractivity (Wildman–Crippen MR) is 508 cm³/mol. The fraction of sp³-hybridized carbons (Fsp3) is 0.283. The average Bonchev–Trinajstić information content (AvgIpc) is 0.777. The van der Waals surface area contributed by atoms with Gasteiger partial charge in [-0.2, -0.15) is 35.1 Å². The van der Waals surface area contributed by atoms with E-state index >= 15 is 0 Å². The standard InChI is InChI=1S/4C18H13OS.2C9H15F2NO2.2C8H13F2NO3/c4*1-2-8-14(9-3-1)20-17-12-6-4-10-15(17)19-16-11-5-7-13-18(16)20;2*1-9(10,11)8(13)14-7-12-5-3-2-4-6-12;2*1-8(9,10)7(12)14-6-11-2-4-13-5-3-11/h4*1-13H;2*2-7H2,1H3;2*2-6H2,1H3/q4*+1;;;;. The number of morpholine rings is 2. The van der Waals surface area contributed by atoms with Gasteiger partial charge in [0.25, 0.3) is 0 Å². The number of rotatable bonds is 16.